The van der Waals surface area contributed by atoms with E-state index in [2.05, 4.69) is 10.6 Å². The molecule has 0 atom stereocenters. The maximum Gasteiger partial charge on any atom is 0.319 e. The first kappa shape index (κ1) is 11.2. The van der Waals surface area contributed by atoms with Gasteiger partial charge in [0.25, 0.3) is 0 Å². The fourth-order valence-electron chi connectivity index (χ4n) is 1.50. The third-order valence-electron chi connectivity index (χ3n) is 2.30. The van der Waals surface area contributed by atoms with Crippen LogP contribution in [0.3, 0.4) is 0 Å². The van der Waals surface area contributed by atoms with Crippen LogP contribution < -0.4 is 10.6 Å². The number of carbonyl (C=O) groups is 1. The van der Waals surface area contributed by atoms with Crippen LogP contribution in [0.5, 0.6) is 0 Å². The first-order valence-corrected chi connectivity index (χ1v) is 5.49. The first-order valence-electron chi connectivity index (χ1n) is 5.49. The summed E-state index contributed by atoms with van der Waals surface area (Å²) in [4.78, 5) is 11.7. The van der Waals surface area contributed by atoms with Crippen LogP contribution >= 0.6 is 0 Å². The molecule has 2 amide bonds. The van der Waals surface area contributed by atoms with Crippen molar-refractivity contribution in [2.24, 2.45) is 0 Å². The molecule has 0 unspecified atom stereocenters. The summed E-state index contributed by atoms with van der Waals surface area (Å²) in [7, 11) is 0. The van der Waals surface area contributed by atoms with Crippen molar-refractivity contribution in [3.63, 3.8) is 0 Å². The minimum atomic E-state index is -0.211. The highest BCUT2D eigenvalue weighted by Gasteiger charge is 2.06. The Morgan fingerprint density at radius 1 is 0.941 bits per heavy atom. The van der Waals surface area contributed by atoms with Gasteiger partial charge < -0.3 is 10.6 Å². The number of carbonyl (C=O) groups excluding carboxylic acids is 1. The number of para-hydroxylation sites is 1. The number of allylic oxidation sites excluding steroid dienone is 4. The number of benzene rings is 1. The number of hydrogen-bond acceptors (Lipinski definition) is 1. The molecule has 0 saturated carbocycles. The van der Waals surface area contributed by atoms with Gasteiger partial charge in [0.05, 0.1) is 6.04 Å². The van der Waals surface area contributed by atoms with Gasteiger partial charge in [-0.15, -0.1) is 0 Å². The molecule has 0 aromatic heterocycles. The van der Waals surface area contributed by atoms with Crippen molar-refractivity contribution in [1.82, 2.24) is 5.32 Å². The van der Waals surface area contributed by atoms with Crippen molar-refractivity contribution in [3.05, 3.63) is 66.8 Å². The first-order chi connectivity index (χ1) is 8.34. The molecular formula is C14H14N2O. The average molecular weight is 226 g/mol. The smallest absolute Gasteiger partial charge is 0.319 e. The van der Waals surface area contributed by atoms with Gasteiger partial charge in [0.15, 0.2) is 0 Å². The van der Waals surface area contributed by atoms with Gasteiger partial charge >= 0.3 is 6.03 Å². The minimum absolute atomic E-state index is 0.0753. The van der Waals surface area contributed by atoms with Gasteiger partial charge in [0, 0.05) is 5.69 Å². The summed E-state index contributed by atoms with van der Waals surface area (Å²) >= 11 is 0. The molecule has 1 aliphatic rings. The van der Waals surface area contributed by atoms with Crippen molar-refractivity contribution in [2.75, 3.05) is 5.32 Å². The van der Waals surface area contributed by atoms with Crippen LogP contribution in [0.4, 0.5) is 10.5 Å². The Morgan fingerprint density at radius 2 is 1.59 bits per heavy atom. The maximum absolute atomic E-state index is 11.7. The molecule has 3 heteroatoms. The molecule has 0 spiro atoms. The summed E-state index contributed by atoms with van der Waals surface area (Å²) in [5, 5.41) is 5.62. The van der Waals surface area contributed by atoms with Gasteiger partial charge in [-0.1, -0.05) is 54.7 Å². The summed E-state index contributed by atoms with van der Waals surface area (Å²) in [6.07, 6.45) is 11.5. The number of rotatable bonds is 2. The molecule has 2 rings (SSSR count). The Balaban J connectivity index is 1.89. The fraction of sp³-hybridized carbons (Fsp3) is 0.0714. The lowest BCUT2D eigenvalue weighted by Crippen LogP contribution is -2.35. The molecule has 0 radical (unpaired) electrons. The second kappa shape index (κ2) is 5.70. The van der Waals surface area contributed by atoms with Gasteiger partial charge in [0.1, 0.15) is 0 Å². The van der Waals surface area contributed by atoms with E-state index < -0.39 is 0 Å². The van der Waals surface area contributed by atoms with Crippen molar-refractivity contribution in [3.8, 4) is 0 Å². The Kier molecular flexibility index (Phi) is 3.76. The molecule has 0 bridgehead atoms. The topological polar surface area (TPSA) is 41.1 Å². The van der Waals surface area contributed by atoms with Crippen LogP contribution in [0.25, 0.3) is 0 Å². The van der Waals surface area contributed by atoms with Gasteiger partial charge in [0.2, 0.25) is 0 Å². The highest BCUT2D eigenvalue weighted by Crippen LogP contribution is 2.05. The molecule has 86 valence electrons. The molecule has 0 saturated heterocycles. The van der Waals surface area contributed by atoms with E-state index in [4.69, 9.17) is 0 Å². The largest absolute Gasteiger partial charge is 0.328 e. The second-order valence-corrected chi connectivity index (χ2v) is 3.64. The van der Waals surface area contributed by atoms with E-state index >= 15 is 0 Å². The zero-order valence-electron chi connectivity index (χ0n) is 9.34. The molecule has 0 heterocycles. The highest BCUT2D eigenvalue weighted by molar-refractivity contribution is 5.89. The standard InChI is InChI=1S/C14H14N2O/c17-14(16-13-10-6-3-7-11-13)15-12-8-4-1-2-5-9-12/h1-12H,(H2,15,16,17). The Bertz CT molecular complexity index is 444. The predicted octanol–water partition coefficient (Wildman–Crippen LogP) is 2.86. The summed E-state index contributed by atoms with van der Waals surface area (Å²) in [5.74, 6) is 0. The average Bonchev–Trinajstić information content (AvgIpc) is 2.59. The lowest BCUT2D eigenvalue weighted by atomic mass is 10.2. The Hall–Kier alpha value is -2.29. The van der Waals surface area contributed by atoms with E-state index in [0.29, 0.717) is 0 Å². The number of hydrogen-bond donors (Lipinski definition) is 2. The number of nitrogens with one attached hydrogen (secondary N) is 2. The van der Waals surface area contributed by atoms with Crippen LogP contribution in [0.2, 0.25) is 0 Å². The van der Waals surface area contributed by atoms with Crippen LogP contribution in [0, 0.1) is 0 Å². The number of amides is 2. The highest BCUT2D eigenvalue weighted by atomic mass is 16.2. The van der Waals surface area contributed by atoms with Crippen molar-refractivity contribution in [2.45, 2.75) is 6.04 Å². The monoisotopic (exact) mass is 226 g/mol. The molecule has 0 fully saturated rings. The summed E-state index contributed by atoms with van der Waals surface area (Å²) in [6, 6.07) is 9.08. The zero-order chi connectivity index (χ0) is 11.9. The van der Waals surface area contributed by atoms with Crippen LogP contribution in [-0.2, 0) is 0 Å². The van der Waals surface area contributed by atoms with Crippen molar-refractivity contribution in [1.29, 1.82) is 0 Å². The third kappa shape index (κ3) is 3.65. The van der Waals surface area contributed by atoms with Crippen LogP contribution in [0.15, 0.2) is 66.8 Å². The lowest BCUT2D eigenvalue weighted by Gasteiger charge is -2.11. The quantitative estimate of drug-likeness (QED) is 0.800. The van der Waals surface area contributed by atoms with Crippen LogP contribution in [-0.4, -0.2) is 12.1 Å². The number of urea groups is 1. The Labute approximate surface area is 101 Å². The molecule has 1 aromatic rings. The molecule has 1 aliphatic carbocycles. The summed E-state index contributed by atoms with van der Waals surface area (Å²) < 4.78 is 0. The van der Waals surface area contributed by atoms with E-state index in [1.54, 1.807) is 0 Å². The SMILES string of the molecule is O=C(Nc1ccccc1)NC1C=CC=CC=C1. The van der Waals surface area contributed by atoms with Crippen LogP contribution in [0.1, 0.15) is 0 Å². The second-order valence-electron chi connectivity index (χ2n) is 3.64. The van der Waals surface area contributed by atoms with E-state index in [1.165, 1.54) is 0 Å². The molecule has 3 nitrogen and oxygen atoms in total. The lowest BCUT2D eigenvalue weighted by molar-refractivity contribution is 0.251. The van der Waals surface area contributed by atoms with Gasteiger partial charge in [-0.25, -0.2) is 4.79 Å². The van der Waals surface area contributed by atoms with E-state index in [0.717, 1.165) is 5.69 Å². The molecule has 2 N–H and O–H groups in total. The summed E-state index contributed by atoms with van der Waals surface area (Å²) in [6.45, 7) is 0. The molecule has 0 aliphatic heterocycles. The van der Waals surface area contributed by atoms with E-state index in [9.17, 15) is 4.79 Å². The third-order valence-corrected chi connectivity index (χ3v) is 2.30. The number of anilines is 1. The normalized spacial score (nSPS) is 14.4. The maximum atomic E-state index is 11.7. The zero-order valence-corrected chi connectivity index (χ0v) is 9.34. The van der Waals surface area contributed by atoms with Gasteiger partial charge in [-0.2, -0.15) is 0 Å². The van der Waals surface area contributed by atoms with E-state index in [-0.39, 0.29) is 12.1 Å². The van der Waals surface area contributed by atoms with Gasteiger partial charge in [-0.05, 0) is 12.1 Å². The molecule has 17 heavy (non-hydrogen) atoms. The van der Waals surface area contributed by atoms with E-state index in [1.807, 2.05) is 66.8 Å². The van der Waals surface area contributed by atoms with Crippen molar-refractivity contribution >= 4 is 11.7 Å². The van der Waals surface area contributed by atoms with Gasteiger partial charge in [-0.3, -0.25) is 0 Å². The molecule has 1 aromatic carbocycles. The summed E-state index contributed by atoms with van der Waals surface area (Å²) in [5.41, 5.74) is 0.782. The minimum Gasteiger partial charge on any atom is -0.328 e. The molecular weight excluding hydrogens is 212 g/mol. The van der Waals surface area contributed by atoms with Crippen molar-refractivity contribution < 1.29 is 4.79 Å². The Morgan fingerprint density at radius 3 is 2.24 bits per heavy atom. The fourth-order valence-corrected chi connectivity index (χ4v) is 1.50. The predicted molar refractivity (Wildman–Crippen MR) is 69.8 cm³/mol.